The number of carboxylic acid groups (broad SMARTS) is 1. The third-order valence-electron chi connectivity index (χ3n) is 2.54. The molecule has 2 N–H and O–H groups in total. The van der Waals surface area contributed by atoms with Gasteiger partial charge in [0.15, 0.2) is 0 Å². The van der Waals surface area contributed by atoms with E-state index in [1.165, 1.54) is 11.7 Å². The topological polar surface area (TPSA) is 110 Å². The van der Waals surface area contributed by atoms with Gasteiger partial charge in [-0.15, -0.1) is 12.3 Å². The van der Waals surface area contributed by atoms with Crippen LogP contribution < -0.4 is 5.32 Å². The van der Waals surface area contributed by atoms with Gasteiger partial charge in [-0.25, -0.2) is 9.48 Å². The van der Waals surface area contributed by atoms with E-state index in [1.54, 1.807) is 6.92 Å². The molecular formula is C11H14N4O4. The highest BCUT2D eigenvalue weighted by Crippen LogP contribution is 2.29. The number of aryl methyl sites for hydroxylation is 2. The molecule has 0 fully saturated rings. The van der Waals surface area contributed by atoms with E-state index in [2.05, 4.69) is 16.3 Å². The molecule has 0 aliphatic heterocycles. The number of hydrogen-bond acceptors (Lipinski definition) is 5. The number of nitro groups is 1. The van der Waals surface area contributed by atoms with Gasteiger partial charge in [0, 0.05) is 13.5 Å². The Kier molecular flexibility index (Phi) is 4.47. The zero-order valence-corrected chi connectivity index (χ0v) is 10.6. The molecule has 0 amide bonds. The van der Waals surface area contributed by atoms with Crippen LogP contribution in [0, 0.1) is 22.5 Å². The molecule has 0 aliphatic carbocycles. The summed E-state index contributed by atoms with van der Waals surface area (Å²) in [6, 6.07) is -1.09. The lowest BCUT2D eigenvalue weighted by Gasteiger charge is -2.12. The number of aliphatic carboxylic acids is 1. The van der Waals surface area contributed by atoms with Crippen LogP contribution in [0.15, 0.2) is 0 Å². The van der Waals surface area contributed by atoms with Crippen LogP contribution in [0.1, 0.15) is 19.0 Å². The molecular weight excluding hydrogens is 252 g/mol. The summed E-state index contributed by atoms with van der Waals surface area (Å²) in [4.78, 5) is 21.5. The van der Waals surface area contributed by atoms with Gasteiger partial charge >= 0.3 is 11.7 Å². The molecule has 0 aromatic carbocycles. The van der Waals surface area contributed by atoms with Gasteiger partial charge in [-0.3, -0.25) is 10.1 Å². The quantitative estimate of drug-likeness (QED) is 0.447. The Morgan fingerprint density at radius 3 is 2.79 bits per heavy atom. The number of anilines is 1. The Morgan fingerprint density at radius 1 is 1.74 bits per heavy atom. The molecule has 0 spiro atoms. The van der Waals surface area contributed by atoms with Gasteiger partial charge in [0.2, 0.25) is 5.82 Å². The van der Waals surface area contributed by atoms with Crippen LogP contribution in [0.4, 0.5) is 11.5 Å². The second-order valence-electron chi connectivity index (χ2n) is 3.82. The number of aromatic nitrogens is 2. The predicted octanol–water partition coefficient (Wildman–Crippen LogP) is 0.779. The van der Waals surface area contributed by atoms with Crippen LogP contribution in [-0.2, 0) is 18.3 Å². The lowest BCUT2D eigenvalue weighted by molar-refractivity contribution is -0.384. The van der Waals surface area contributed by atoms with Gasteiger partial charge in [-0.1, -0.05) is 6.92 Å². The fourth-order valence-corrected chi connectivity index (χ4v) is 1.64. The fourth-order valence-electron chi connectivity index (χ4n) is 1.64. The second kappa shape index (κ2) is 5.86. The van der Waals surface area contributed by atoms with Crippen molar-refractivity contribution in [3.8, 4) is 12.3 Å². The van der Waals surface area contributed by atoms with Gasteiger partial charge in [0.1, 0.15) is 11.7 Å². The molecule has 8 nitrogen and oxygen atoms in total. The summed E-state index contributed by atoms with van der Waals surface area (Å²) < 4.78 is 1.25. The van der Waals surface area contributed by atoms with Crippen molar-refractivity contribution in [2.24, 2.45) is 7.05 Å². The summed E-state index contributed by atoms with van der Waals surface area (Å²) in [5.41, 5.74) is 0.0770. The average Bonchev–Trinajstić information content (AvgIpc) is 2.65. The maximum Gasteiger partial charge on any atom is 0.334 e. The van der Waals surface area contributed by atoms with E-state index in [0.29, 0.717) is 12.1 Å². The Labute approximate surface area is 109 Å². The number of rotatable bonds is 6. The van der Waals surface area contributed by atoms with Crippen molar-refractivity contribution >= 4 is 17.5 Å². The average molecular weight is 266 g/mol. The van der Waals surface area contributed by atoms with Crippen molar-refractivity contribution in [3.63, 3.8) is 0 Å². The maximum absolute atomic E-state index is 11.0. The zero-order chi connectivity index (χ0) is 14.6. The summed E-state index contributed by atoms with van der Waals surface area (Å²) in [7, 11) is 1.50. The standard InChI is InChI=1S/C11H14N4O4/c1-4-6-8(11(16)17)12-10-9(15(18)19)7(5-2)13-14(10)3/h1,8,12H,5-6H2,2-3H3,(H,16,17). The van der Waals surface area contributed by atoms with Gasteiger partial charge in [0.05, 0.1) is 4.92 Å². The summed E-state index contributed by atoms with van der Waals surface area (Å²) >= 11 is 0. The van der Waals surface area contributed by atoms with Crippen LogP contribution in [0.25, 0.3) is 0 Å². The summed E-state index contributed by atoms with van der Waals surface area (Å²) in [5, 5.41) is 26.6. The van der Waals surface area contributed by atoms with E-state index < -0.39 is 16.9 Å². The molecule has 0 radical (unpaired) electrons. The summed E-state index contributed by atoms with van der Waals surface area (Å²) in [5.74, 6) is 1.09. The molecule has 0 bridgehead atoms. The zero-order valence-electron chi connectivity index (χ0n) is 10.6. The summed E-state index contributed by atoms with van der Waals surface area (Å²) in [6.45, 7) is 1.73. The molecule has 1 aromatic heterocycles. The van der Waals surface area contributed by atoms with Gasteiger partial charge in [-0.2, -0.15) is 5.10 Å². The lowest BCUT2D eigenvalue weighted by Crippen LogP contribution is -2.30. The number of nitrogens with one attached hydrogen (secondary N) is 1. The maximum atomic E-state index is 11.0. The Hall–Kier alpha value is -2.56. The van der Waals surface area contributed by atoms with Crippen LogP contribution in [0.3, 0.4) is 0 Å². The number of terminal acetylenes is 1. The van der Waals surface area contributed by atoms with Crippen molar-refractivity contribution < 1.29 is 14.8 Å². The normalized spacial score (nSPS) is 11.6. The van der Waals surface area contributed by atoms with Crippen molar-refractivity contribution in [1.82, 2.24) is 9.78 Å². The van der Waals surface area contributed by atoms with E-state index in [4.69, 9.17) is 11.5 Å². The Bertz CT molecular complexity index is 544. The van der Waals surface area contributed by atoms with E-state index in [-0.39, 0.29) is 17.9 Å². The minimum absolute atomic E-state index is 0.0458. The first-order valence-electron chi connectivity index (χ1n) is 5.55. The first-order chi connectivity index (χ1) is 8.92. The van der Waals surface area contributed by atoms with Crippen LogP contribution >= 0.6 is 0 Å². The van der Waals surface area contributed by atoms with E-state index >= 15 is 0 Å². The van der Waals surface area contributed by atoms with Crippen molar-refractivity contribution in [2.75, 3.05) is 5.32 Å². The predicted molar refractivity (Wildman–Crippen MR) is 67.7 cm³/mol. The Balaban J connectivity index is 3.19. The molecule has 102 valence electrons. The molecule has 0 saturated carbocycles. The Morgan fingerprint density at radius 2 is 2.37 bits per heavy atom. The first-order valence-corrected chi connectivity index (χ1v) is 5.55. The third-order valence-corrected chi connectivity index (χ3v) is 2.54. The van der Waals surface area contributed by atoms with Crippen LogP contribution in [-0.4, -0.2) is 31.8 Å². The largest absolute Gasteiger partial charge is 0.480 e. The minimum Gasteiger partial charge on any atom is -0.480 e. The van der Waals surface area contributed by atoms with E-state index in [1.807, 2.05) is 0 Å². The minimum atomic E-state index is -1.17. The molecule has 8 heteroatoms. The lowest BCUT2D eigenvalue weighted by atomic mass is 10.2. The highest BCUT2D eigenvalue weighted by atomic mass is 16.6. The smallest absolute Gasteiger partial charge is 0.334 e. The highest BCUT2D eigenvalue weighted by molar-refractivity contribution is 5.78. The molecule has 1 unspecified atom stereocenters. The molecule has 1 rings (SSSR count). The molecule has 19 heavy (non-hydrogen) atoms. The second-order valence-corrected chi connectivity index (χ2v) is 3.82. The third kappa shape index (κ3) is 3.01. The van der Waals surface area contributed by atoms with Gasteiger partial charge < -0.3 is 10.4 Å². The first kappa shape index (κ1) is 14.5. The molecule has 1 heterocycles. The van der Waals surface area contributed by atoms with Crippen molar-refractivity contribution in [1.29, 1.82) is 0 Å². The SMILES string of the molecule is C#CCC(Nc1c([N+](=O)[O-])c(CC)nn1C)C(=O)O. The number of carboxylic acids is 1. The van der Waals surface area contributed by atoms with Crippen molar-refractivity contribution in [3.05, 3.63) is 15.8 Å². The van der Waals surface area contributed by atoms with E-state index in [9.17, 15) is 14.9 Å². The highest BCUT2D eigenvalue weighted by Gasteiger charge is 2.28. The molecule has 1 aromatic rings. The number of nitrogens with zero attached hydrogens (tertiary/aromatic N) is 3. The van der Waals surface area contributed by atoms with Crippen molar-refractivity contribution in [2.45, 2.75) is 25.8 Å². The number of hydrogen-bond donors (Lipinski definition) is 2. The monoisotopic (exact) mass is 266 g/mol. The van der Waals surface area contributed by atoms with Gasteiger partial charge in [0.25, 0.3) is 0 Å². The van der Waals surface area contributed by atoms with Gasteiger partial charge in [-0.05, 0) is 6.42 Å². The summed E-state index contributed by atoms with van der Waals surface area (Å²) in [6.07, 6.45) is 5.37. The fraction of sp³-hybridized carbons (Fsp3) is 0.455. The molecule has 0 saturated heterocycles. The number of carbonyl (C=O) groups is 1. The van der Waals surface area contributed by atoms with Crippen LogP contribution in [0.2, 0.25) is 0 Å². The van der Waals surface area contributed by atoms with E-state index in [0.717, 1.165) is 0 Å². The van der Waals surface area contributed by atoms with Crippen LogP contribution in [0.5, 0.6) is 0 Å². The molecule has 0 aliphatic rings. The molecule has 1 atom stereocenters.